The number of amides is 2. The Kier molecular flexibility index (Phi) is 7.26. The minimum absolute atomic E-state index is 0.0342. The first kappa shape index (κ1) is 25.3. The normalized spacial score (nSPS) is 14.4. The molecule has 0 bridgehead atoms. The minimum atomic E-state index is -1.28. The molecule has 1 saturated carbocycles. The summed E-state index contributed by atoms with van der Waals surface area (Å²) in [5, 5.41) is 11.3. The second-order valence-electron chi connectivity index (χ2n) is 9.52. The van der Waals surface area contributed by atoms with E-state index in [4.69, 9.17) is 0 Å². The van der Waals surface area contributed by atoms with Gasteiger partial charge in [-0.2, -0.15) is 0 Å². The van der Waals surface area contributed by atoms with E-state index in [1.165, 1.54) is 28.6 Å². The first-order chi connectivity index (χ1) is 18.4. The summed E-state index contributed by atoms with van der Waals surface area (Å²) in [5.74, 6) is -1.67. The van der Waals surface area contributed by atoms with Crippen molar-refractivity contribution in [2.24, 2.45) is 0 Å². The van der Waals surface area contributed by atoms with Crippen molar-refractivity contribution in [2.75, 3.05) is 4.90 Å². The molecule has 0 unspecified atom stereocenters. The fraction of sp³-hybridized carbons (Fsp3) is 0.276. The molecule has 1 N–H and O–H groups in total. The highest BCUT2D eigenvalue weighted by atomic mass is 19.1. The van der Waals surface area contributed by atoms with Gasteiger partial charge in [0.2, 0.25) is 11.8 Å². The molecule has 38 heavy (non-hydrogen) atoms. The number of fused-ring (bicyclic) bond motifs is 1. The number of ketones is 1. The van der Waals surface area contributed by atoms with E-state index in [-0.39, 0.29) is 23.9 Å². The molecular formula is C29H28FN5O3. The van der Waals surface area contributed by atoms with Crippen LogP contribution in [0.3, 0.4) is 0 Å². The van der Waals surface area contributed by atoms with E-state index in [1.807, 2.05) is 12.1 Å². The van der Waals surface area contributed by atoms with Crippen LogP contribution >= 0.6 is 0 Å². The fourth-order valence-electron chi connectivity index (χ4n) is 4.98. The van der Waals surface area contributed by atoms with Gasteiger partial charge < -0.3 is 5.32 Å². The molecule has 0 saturated heterocycles. The topological polar surface area (TPSA) is 97.2 Å². The Balaban J connectivity index is 1.59. The van der Waals surface area contributed by atoms with Crippen LogP contribution in [-0.2, 0) is 16.1 Å². The van der Waals surface area contributed by atoms with E-state index in [9.17, 15) is 14.4 Å². The lowest BCUT2D eigenvalue weighted by Gasteiger charge is -2.32. The van der Waals surface area contributed by atoms with Crippen molar-refractivity contribution in [3.05, 3.63) is 89.7 Å². The standard InChI is InChI=1S/C29H28FN5O3/c1-19(36)20-14-16-22(17-15-20)35(27(37)18-34-26-13-7-6-12-25(26)32-33-34)28(23-10-4-5-11-24(23)30)29(38)31-21-8-2-3-9-21/h4-7,10-17,21,28H,2-3,8-9,18H2,1H3,(H,31,38)/t28-/m0/s1. The van der Waals surface area contributed by atoms with Crippen molar-refractivity contribution in [3.8, 4) is 0 Å². The summed E-state index contributed by atoms with van der Waals surface area (Å²) >= 11 is 0. The zero-order chi connectivity index (χ0) is 26.6. The lowest BCUT2D eigenvalue weighted by atomic mass is 10.0. The molecule has 0 spiro atoms. The number of hydrogen-bond acceptors (Lipinski definition) is 5. The van der Waals surface area contributed by atoms with Crippen LogP contribution in [0.5, 0.6) is 0 Å². The second-order valence-corrected chi connectivity index (χ2v) is 9.52. The van der Waals surface area contributed by atoms with Crippen LogP contribution in [0.25, 0.3) is 11.0 Å². The van der Waals surface area contributed by atoms with Crippen molar-refractivity contribution in [1.29, 1.82) is 0 Å². The average Bonchev–Trinajstić information content (AvgIpc) is 3.58. The van der Waals surface area contributed by atoms with Gasteiger partial charge in [-0.1, -0.05) is 48.4 Å². The van der Waals surface area contributed by atoms with Gasteiger partial charge in [-0.05, 0) is 62.2 Å². The maximum atomic E-state index is 15.2. The lowest BCUT2D eigenvalue weighted by Crippen LogP contribution is -2.47. The monoisotopic (exact) mass is 513 g/mol. The Labute approximate surface area is 219 Å². The van der Waals surface area contributed by atoms with Gasteiger partial charge in [-0.3, -0.25) is 19.3 Å². The summed E-state index contributed by atoms with van der Waals surface area (Å²) in [5.41, 5.74) is 2.18. The number of halogens is 1. The highest BCUT2D eigenvalue weighted by Crippen LogP contribution is 2.31. The molecule has 1 fully saturated rings. The minimum Gasteiger partial charge on any atom is -0.351 e. The third-order valence-corrected chi connectivity index (χ3v) is 6.93. The van der Waals surface area contributed by atoms with Crippen LogP contribution in [0, 0.1) is 5.82 Å². The summed E-state index contributed by atoms with van der Waals surface area (Å²) in [7, 11) is 0. The van der Waals surface area contributed by atoms with E-state index in [1.54, 1.807) is 48.5 Å². The quantitative estimate of drug-likeness (QED) is 0.347. The number of benzene rings is 3. The molecule has 194 valence electrons. The zero-order valence-corrected chi connectivity index (χ0v) is 21.0. The largest absolute Gasteiger partial charge is 0.351 e. The van der Waals surface area contributed by atoms with E-state index in [2.05, 4.69) is 15.6 Å². The molecule has 3 aromatic carbocycles. The number of anilines is 1. The lowest BCUT2D eigenvalue weighted by molar-refractivity contribution is -0.127. The fourth-order valence-corrected chi connectivity index (χ4v) is 4.98. The van der Waals surface area contributed by atoms with E-state index < -0.39 is 23.7 Å². The molecule has 5 rings (SSSR count). The van der Waals surface area contributed by atoms with Crippen molar-refractivity contribution >= 4 is 34.3 Å². The van der Waals surface area contributed by atoms with Crippen LogP contribution in [0.2, 0.25) is 0 Å². The number of carbonyl (C=O) groups is 3. The average molecular weight is 514 g/mol. The molecule has 1 heterocycles. The van der Waals surface area contributed by atoms with Gasteiger partial charge in [0.25, 0.3) is 0 Å². The van der Waals surface area contributed by atoms with E-state index in [0.29, 0.717) is 22.3 Å². The van der Waals surface area contributed by atoms with Crippen molar-refractivity contribution in [3.63, 3.8) is 0 Å². The zero-order valence-electron chi connectivity index (χ0n) is 21.0. The van der Waals surface area contributed by atoms with Gasteiger partial charge in [0.15, 0.2) is 5.78 Å². The van der Waals surface area contributed by atoms with Crippen LogP contribution < -0.4 is 10.2 Å². The Morgan fingerprint density at radius 1 is 1.00 bits per heavy atom. The Morgan fingerprint density at radius 2 is 1.68 bits per heavy atom. The second kappa shape index (κ2) is 10.9. The molecule has 9 heteroatoms. The summed E-state index contributed by atoms with van der Waals surface area (Å²) in [4.78, 5) is 41.0. The van der Waals surface area contributed by atoms with Crippen molar-refractivity contribution in [2.45, 2.75) is 51.2 Å². The molecule has 4 aromatic rings. The Morgan fingerprint density at radius 3 is 2.39 bits per heavy atom. The summed E-state index contributed by atoms with van der Waals surface area (Å²) in [6.45, 7) is 1.22. The predicted octanol–water partition coefficient (Wildman–Crippen LogP) is 4.61. The molecule has 0 radical (unpaired) electrons. The first-order valence-corrected chi connectivity index (χ1v) is 12.7. The van der Waals surface area contributed by atoms with Crippen LogP contribution in [-0.4, -0.2) is 38.6 Å². The van der Waals surface area contributed by atoms with Crippen LogP contribution in [0.4, 0.5) is 10.1 Å². The number of hydrogen-bond donors (Lipinski definition) is 1. The van der Waals surface area contributed by atoms with Gasteiger partial charge in [-0.25, -0.2) is 9.07 Å². The Bertz CT molecular complexity index is 1480. The Hall–Kier alpha value is -4.40. The highest BCUT2D eigenvalue weighted by Gasteiger charge is 2.36. The summed E-state index contributed by atoms with van der Waals surface area (Å²) < 4.78 is 16.7. The number of aromatic nitrogens is 3. The molecule has 0 aliphatic heterocycles. The van der Waals surface area contributed by atoms with Gasteiger partial charge in [0.05, 0.1) is 5.52 Å². The van der Waals surface area contributed by atoms with E-state index >= 15 is 4.39 Å². The van der Waals surface area contributed by atoms with Crippen LogP contribution in [0.1, 0.15) is 54.6 Å². The van der Waals surface area contributed by atoms with Gasteiger partial charge >= 0.3 is 0 Å². The molecular weight excluding hydrogens is 485 g/mol. The van der Waals surface area contributed by atoms with Gasteiger partial charge in [0.1, 0.15) is 23.9 Å². The first-order valence-electron chi connectivity index (χ1n) is 12.7. The number of Topliss-reactive ketones (excluding diaryl/α,β-unsaturated/α-hetero) is 1. The third-order valence-electron chi connectivity index (χ3n) is 6.93. The molecule has 1 atom stereocenters. The van der Waals surface area contributed by atoms with Crippen LogP contribution in [0.15, 0.2) is 72.8 Å². The number of carbonyl (C=O) groups excluding carboxylic acids is 3. The van der Waals surface area contributed by atoms with E-state index in [0.717, 1.165) is 25.7 Å². The number of rotatable bonds is 8. The predicted molar refractivity (Wildman–Crippen MR) is 141 cm³/mol. The third kappa shape index (κ3) is 5.18. The maximum absolute atomic E-state index is 15.2. The molecule has 1 aliphatic rings. The van der Waals surface area contributed by atoms with Gasteiger partial charge in [-0.15, -0.1) is 5.10 Å². The van der Waals surface area contributed by atoms with Crippen molar-refractivity contribution in [1.82, 2.24) is 20.3 Å². The molecule has 1 aliphatic carbocycles. The molecule has 8 nitrogen and oxygen atoms in total. The SMILES string of the molecule is CC(=O)c1ccc(N(C(=O)Cn2nnc3ccccc32)[C@H](C(=O)NC2CCCC2)c2ccccc2F)cc1. The van der Waals surface area contributed by atoms with Crippen molar-refractivity contribution < 1.29 is 18.8 Å². The summed E-state index contributed by atoms with van der Waals surface area (Å²) in [6.07, 6.45) is 3.68. The molecule has 1 aromatic heterocycles. The van der Waals surface area contributed by atoms with Gasteiger partial charge in [0, 0.05) is 22.9 Å². The number of nitrogens with one attached hydrogen (secondary N) is 1. The molecule has 2 amide bonds. The summed E-state index contributed by atoms with van der Waals surface area (Å²) in [6, 6.07) is 18.3. The number of para-hydroxylation sites is 1. The highest BCUT2D eigenvalue weighted by molar-refractivity contribution is 6.02. The maximum Gasteiger partial charge on any atom is 0.249 e. The smallest absolute Gasteiger partial charge is 0.249 e. The number of nitrogens with zero attached hydrogens (tertiary/aromatic N) is 4.